The van der Waals surface area contributed by atoms with Crippen molar-refractivity contribution in [3.63, 3.8) is 0 Å². The standard InChI is InChI=1S/C21H15FN6O2/c22-13-4-1-3-12(10-23)19(13)14-9-16(20-15(25-14)11-24-21(20)30)28-8-6-17(26-28)27-7-2-5-18(27)29/h1,3-4,6,8-9H,2,5,7,11H2,(H,24,30). The lowest BCUT2D eigenvalue weighted by Gasteiger charge is -2.13. The first kappa shape index (κ1) is 18.0. The maximum atomic E-state index is 14.6. The molecule has 2 aliphatic rings. The highest BCUT2D eigenvalue weighted by atomic mass is 19.1. The van der Waals surface area contributed by atoms with Gasteiger partial charge in [-0.15, -0.1) is 5.10 Å². The van der Waals surface area contributed by atoms with E-state index < -0.39 is 5.82 Å². The van der Waals surface area contributed by atoms with Crippen LogP contribution in [0.4, 0.5) is 10.2 Å². The lowest BCUT2D eigenvalue weighted by atomic mass is 10.0. The molecule has 2 amide bonds. The maximum absolute atomic E-state index is 14.6. The lowest BCUT2D eigenvalue weighted by Crippen LogP contribution is -2.24. The first-order valence-electron chi connectivity index (χ1n) is 9.44. The van der Waals surface area contributed by atoms with Gasteiger partial charge in [-0.25, -0.2) is 14.1 Å². The van der Waals surface area contributed by atoms with Crippen LogP contribution in [0, 0.1) is 17.1 Å². The number of carbonyl (C=O) groups is 2. The Bertz CT molecular complexity index is 1260. The fraction of sp³-hybridized carbons (Fsp3) is 0.190. The fourth-order valence-electron chi connectivity index (χ4n) is 3.88. The van der Waals surface area contributed by atoms with Crippen molar-refractivity contribution >= 4 is 17.6 Å². The average molecular weight is 402 g/mol. The van der Waals surface area contributed by atoms with Crippen LogP contribution >= 0.6 is 0 Å². The minimum absolute atomic E-state index is 0.00339. The van der Waals surface area contributed by atoms with Gasteiger partial charge in [0.2, 0.25) is 5.91 Å². The van der Waals surface area contributed by atoms with E-state index in [2.05, 4.69) is 15.4 Å². The molecule has 0 saturated carbocycles. The van der Waals surface area contributed by atoms with Crippen molar-refractivity contribution in [2.45, 2.75) is 19.4 Å². The molecular formula is C21H15FN6O2. The van der Waals surface area contributed by atoms with Crippen LogP contribution in [0.15, 0.2) is 36.5 Å². The van der Waals surface area contributed by atoms with E-state index in [1.807, 2.05) is 6.07 Å². The summed E-state index contributed by atoms with van der Waals surface area (Å²) < 4.78 is 16.1. The smallest absolute Gasteiger partial charge is 0.255 e. The summed E-state index contributed by atoms with van der Waals surface area (Å²) in [5, 5.41) is 16.6. The molecular weight excluding hydrogens is 387 g/mol. The number of benzene rings is 1. The summed E-state index contributed by atoms with van der Waals surface area (Å²) >= 11 is 0. The molecule has 0 radical (unpaired) electrons. The molecule has 148 valence electrons. The van der Waals surface area contributed by atoms with Crippen molar-refractivity contribution in [1.29, 1.82) is 5.26 Å². The zero-order chi connectivity index (χ0) is 20.8. The van der Waals surface area contributed by atoms with Crippen molar-refractivity contribution in [2.75, 3.05) is 11.4 Å². The maximum Gasteiger partial charge on any atom is 0.255 e. The molecule has 1 N–H and O–H groups in total. The quantitative estimate of drug-likeness (QED) is 0.724. The first-order chi connectivity index (χ1) is 14.6. The molecule has 1 fully saturated rings. The predicted molar refractivity (Wildman–Crippen MR) is 104 cm³/mol. The monoisotopic (exact) mass is 402 g/mol. The van der Waals surface area contributed by atoms with E-state index in [9.17, 15) is 19.2 Å². The van der Waals surface area contributed by atoms with Crippen molar-refractivity contribution in [3.05, 3.63) is 59.2 Å². The molecule has 3 aromatic rings. The summed E-state index contributed by atoms with van der Waals surface area (Å²) in [7, 11) is 0. The second kappa shape index (κ2) is 6.77. The van der Waals surface area contributed by atoms with E-state index in [1.54, 1.807) is 23.2 Å². The number of halogens is 1. The Labute approximate surface area is 170 Å². The van der Waals surface area contributed by atoms with Crippen LogP contribution in [0.2, 0.25) is 0 Å². The number of pyridine rings is 1. The number of fused-ring (bicyclic) bond motifs is 1. The fourth-order valence-corrected chi connectivity index (χ4v) is 3.88. The van der Waals surface area contributed by atoms with E-state index >= 15 is 0 Å². The van der Waals surface area contributed by atoms with Crippen LogP contribution in [-0.2, 0) is 11.3 Å². The molecule has 0 bridgehead atoms. The summed E-state index contributed by atoms with van der Waals surface area (Å²) in [6.07, 6.45) is 2.90. The molecule has 0 unspecified atom stereocenters. The largest absolute Gasteiger partial charge is 0.346 e. The molecule has 9 heteroatoms. The van der Waals surface area contributed by atoms with Crippen molar-refractivity contribution in [1.82, 2.24) is 20.1 Å². The highest BCUT2D eigenvalue weighted by Gasteiger charge is 2.29. The van der Waals surface area contributed by atoms with Crippen molar-refractivity contribution in [3.8, 4) is 23.0 Å². The molecule has 1 saturated heterocycles. The van der Waals surface area contributed by atoms with Gasteiger partial charge in [0.15, 0.2) is 5.82 Å². The molecule has 8 nitrogen and oxygen atoms in total. The van der Waals surface area contributed by atoms with Gasteiger partial charge in [-0.2, -0.15) is 5.26 Å². The number of amides is 2. The van der Waals surface area contributed by atoms with Crippen molar-refractivity contribution in [2.24, 2.45) is 0 Å². The summed E-state index contributed by atoms with van der Waals surface area (Å²) in [5.74, 6) is -0.383. The SMILES string of the molecule is N#Cc1cccc(F)c1-c1cc(-n2ccc(N3CCCC3=O)n2)c2c(n1)CNC2=O. The molecule has 0 atom stereocenters. The van der Waals surface area contributed by atoms with Gasteiger partial charge in [0.05, 0.1) is 46.4 Å². The third-order valence-electron chi connectivity index (χ3n) is 5.28. The third kappa shape index (κ3) is 2.73. The zero-order valence-electron chi connectivity index (χ0n) is 15.7. The highest BCUT2D eigenvalue weighted by Crippen LogP contribution is 2.32. The number of hydrogen-bond donors (Lipinski definition) is 1. The molecule has 0 aliphatic carbocycles. The second-order valence-electron chi connectivity index (χ2n) is 7.07. The Morgan fingerprint density at radius 1 is 1.20 bits per heavy atom. The van der Waals surface area contributed by atoms with Gasteiger partial charge in [-0.3, -0.25) is 14.5 Å². The molecule has 5 rings (SSSR count). The second-order valence-corrected chi connectivity index (χ2v) is 7.07. The minimum atomic E-state index is -0.575. The summed E-state index contributed by atoms with van der Waals surface area (Å²) in [6, 6.07) is 9.48. The minimum Gasteiger partial charge on any atom is -0.346 e. The van der Waals surface area contributed by atoms with E-state index in [-0.39, 0.29) is 35.2 Å². The lowest BCUT2D eigenvalue weighted by molar-refractivity contribution is -0.117. The number of nitrogens with one attached hydrogen (secondary N) is 1. The van der Waals surface area contributed by atoms with Gasteiger partial charge in [-0.1, -0.05) is 6.07 Å². The van der Waals surface area contributed by atoms with Crippen LogP contribution < -0.4 is 10.2 Å². The van der Waals surface area contributed by atoms with Crippen LogP contribution in [0.5, 0.6) is 0 Å². The number of hydrogen-bond acceptors (Lipinski definition) is 5. The van der Waals surface area contributed by atoms with Gasteiger partial charge >= 0.3 is 0 Å². The molecule has 4 heterocycles. The van der Waals surface area contributed by atoms with E-state index in [4.69, 9.17) is 0 Å². The number of nitriles is 1. The Morgan fingerprint density at radius 3 is 2.83 bits per heavy atom. The summed E-state index contributed by atoms with van der Waals surface area (Å²) in [4.78, 5) is 30.5. The van der Waals surface area contributed by atoms with Crippen LogP contribution in [0.1, 0.15) is 34.5 Å². The Hall–Kier alpha value is -4.06. The topological polar surface area (TPSA) is 104 Å². The third-order valence-corrected chi connectivity index (χ3v) is 5.28. The number of rotatable bonds is 3. The van der Waals surface area contributed by atoms with Gasteiger partial charge in [-0.05, 0) is 24.6 Å². The van der Waals surface area contributed by atoms with Crippen molar-refractivity contribution < 1.29 is 14.0 Å². The number of anilines is 1. The predicted octanol–water partition coefficient (Wildman–Crippen LogP) is 2.32. The zero-order valence-corrected chi connectivity index (χ0v) is 15.7. The number of aromatic nitrogens is 3. The van der Waals surface area contributed by atoms with Gasteiger partial charge in [0, 0.05) is 25.2 Å². The van der Waals surface area contributed by atoms with Gasteiger partial charge in [0.25, 0.3) is 5.91 Å². The molecule has 2 aromatic heterocycles. The molecule has 2 aliphatic heterocycles. The average Bonchev–Trinajstić information content (AvgIpc) is 3.47. The summed E-state index contributed by atoms with van der Waals surface area (Å²) in [5.41, 5.74) is 1.67. The van der Waals surface area contributed by atoms with E-state index in [0.717, 1.165) is 6.42 Å². The van der Waals surface area contributed by atoms with Gasteiger partial charge < -0.3 is 5.32 Å². The normalized spacial score (nSPS) is 15.3. The summed E-state index contributed by atoms with van der Waals surface area (Å²) in [6.45, 7) is 0.793. The Kier molecular flexibility index (Phi) is 4.06. The highest BCUT2D eigenvalue weighted by molar-refractivity contribution is 6.02. The Morgan fingerprint density at radius 2 is 2.07 bits per heavy atom. The van der Waals surface area contributed by atoms with Crippen LogP contribution in [0.25, 0.3) is 16.9 Å². The molecule has 0 spiro atoms. The van der Waals surface area contributed by atoms with Gasteiger partial charge in [0.1, 0.15) is 5.82 Å². The van der Waals surface area contributed by atoms with Crippen LogP contribution in [0.3, 0.4) is 0 Å². The Balaban J connectivity index is 1.68. The van der Waals surface area contributed by atoms with E-state index in [1.165, 1.54) is 22.9 Å². The molecule has 30 heavy (non-hydrogen) atoms. The molecule has 1 aromatic carbocycles. The first-order valence-corrected chi connectivity index (χ1v) is 9.44. The number of nitrogens with zero attached hydrogens (tertiary/aromatic N) is 5. The van der Waals surface area contributed by atoms with Crippen LogP contribution in [-0.4, -0.2) is 33.1 Å². The van der Waals surface area contributed by atoms with E-state index in [0.29, 0.717) is 35.7 Å². The number of carbonyl (C=O) groups excluding carboxylic acids is 2.